The lowest BCUT2D eigenvalue weighted by Crippen LogP contribution is -2.08. The van der Waals surface area contributed by atoms with E-state index in [4.69, 9.17) is 5.73 Å². The minimum atomic E-state index is -0.271. The van der Waals surface area contributed by atoms with Crippen molar-refractivity contribution in [3.63, 3.8) is 0 Å². The highest BCUT2D eigenvalue weighted by atomic mass is 19.1. The Morgan fingerprint density at radius 2 is 2.06 bits per heavy atom. The van der Waals surface area contributed by atoms with Crippen LogP contribution in [0.5, 0.6) is 0 Å². The van der Waals surface area contributed by atoms with Crippen molar-refractivity contribution in [3.8, 4) is 5.69 Å². The third-order valence-electron chi connectivity index (χ3n) is 3.28. The van der Waals surface area contributed by atoms with Crippen molar-refractivity contribution in [2.75, 3.05) is 5.73 Å². The predicted octanol–water partition coefficient (Wildman–Crippen LogP) is 2.47. The third-order valence-corrected chi connectivity index (χ3v) is 3.28. The first-order valence-electron chi connectivity index (χ1n) is 5.86. The highest BCUT2D eigenvalue weighted by Gasteiger charge is 2.17. The molecule has 2 N–H and O–H groups in total. The van der Waals surface area contributed by atoms with Gasteiger partial charge in [0.05, 0.1) is 23.4 Å². The molecule has 2 aromatic rings. The summed E-state index contributed by atoms with van der Waals surface area (Å²) in [5.74, 6) is -0.271. The zero-order valence-electron chi connectivity index (χ0n) is 9.49. The van der Waals surface area contributed by atoms with E-state index in [-0.39, 0.29) is 5.82 Å². The van der Waals surface area contributed by atoms with E-state index < -0.39 is 0 Å². The van der Waals surface area contributed by atoms with Gasteiger partial charge in [0, 0.05) is 5.69 Å². The maximum absolute atomic E-state index is 13.3. The Morgan fingerprint density at radius 1 is 1.24 bits per heavy atom. The summed E-state index contributed by atoms with van der Waals surface area (Å²) < 4.78 is 15.2. The number of imidazole rings is 1. The number of hydrogen-bond acceptors (Lipinski definition) is 2. The molecule has 3 rings (SSSR count). The van der Waals surface area contributed by atoms with Crippen LogP contribution in [0.1, 0.15) is 24.2 Å². The number of aryl methyl sites for hydroxylation is 1. The van der Waals surface area contributed by atoms with Gasteiger partial charge in [0.25, 0.3) is 0 Å². The Balaban J connectivity index is 2.15. The lowest BCUT2D eigenvalue weighted by atomic mass is 10.0. The van der Waals surface area contributed by atoms with Gasteiger partial charge in [-0.2, -0.15) is 0 Å². The smallest absolute Gasteiger partial charge is 0.125 e. The molecule has 1 heterocycles. The van der Waals surface area contributed by atoms with Crippen molar-refractivity contribution < 1.29 is 4.39 Å². The van der Waals surface area contributed by atoms with E-state index in [1.54, 1.807) is 12.4 Å². The van der Waals surface area contributed by atoms with Gasteiger partial charge in [-0.3, -0.25) is 0 Å². The van der Waals surface area contributed by atoms with Crippen LogP contribution in [0, 0.1) is 5.82 Å². The molecular weight excluding hydrogens is 217 g/mol. The number of nitrogen functional groups attached to an aromatic ring is 1. The van der Waals surface area contributed by atoms with Gasteiger partial charge < -0.3 is 10.3 Å². The summed E-state index contributed by atoms with van der Waals surface area (Å²) in [5.41, 5.74) is 9.47. The Bertz CT molecular complexity index is 560. The summed E-state index contributed by atoms with van der Waals surface area (Å²) >= 11 is 0. The maximum Gasteiger partial charge on any atom is 0.125 e. The third kappa shape index (κ3) is 1.69. The number of fused-ring (bicyclic) bond motifs is 1. The normalized spacial score (nSPS) is 14.6. The van der Waals surface area contributed by atoms with Crippen LogP contribution in [0.2, 0.25) is 0 Å². The zero-order valence-corrected chi connectivity index (χ0v) is 9.49. The second-order valence-corrected chi connectivity index (χ2v) is 4.42. The van der Waals surface area contributed by atoms with Gasteiger partial charge >= 0.3 is 0 Å². The average molecular weight is 231 g/mol. The molecule has 0 saturated heterocycles. The first-order valence-corrected chi connectivity index (χ1v) is 5.86. The maximum atomic E-state index is 13.3. The molecule has 0 saturated carbocycles. The molecule has 1 aromatic carbocycles. The molecule has 0 fully saturated rings. The van der Waals surface area contributed by atoms with E-state index in [0.717, 1.165) is 25.0 Å². The molecule has 0 atom stereocenters. The predicted molar refractivity (Wildman–Crippen MR) is 64.6 cm³/mol. The number of anilines is 1. The average Bonchev–Trinajstić information content (AvgIpc) is 2.76. The number of aromatic nitrogens is 2. The first-order chi connectivity index (χ1) is 8.25. The molecule has 1 aliphatic carbocycles. The van der Waals surface area contributed by atoms with Gasteiger partial charge in [0.1, 0.15) is 5.82 Å². The summed E-state index contributed by atoms with van der Waals surface area (Å²) in [5, 5.41) is 0. The second-order valence-electron chi connectivity index (χ2n) is 4.42. The van der Waals surface area contributed by atoms with Crippen molar-refractivity contribution >= 4 is 5.69 Å². The van der Waals surface area contributed by atoms with Crippen LogP contribution in [-0.2, 0) is 12.8 Å². The zero-order chi connectivity index (χ0) is 11.8. The summed E-state index contributed by atoms with van der Waals surface area (Å²) in [6.07, 6.45) is 6.10. The van der Waals surface area contributed by atoms with Crippen LogP contribution in [0.15, 0.2) is 24.5 Å². The minimum absolute atomic E-state index is 0.271. The summed E-state index contributed by atoms with van der Waals surface area (Å²) in [7, 11) is 0. The molecule has 17 heavy (non-hydrogen) atoms. The van der Waals surface area contributed by atoms with Crippen LogP contribution >= 0.6 is 0 Å². The number of benzene rings is 1. The highest BCUT2D eigenvalue weighted by Crippen LogP contribution is 2.26. The number of halogens is 1. The first kappa shape index (κ1) is 10.3. The fraction of sp³-hybridized carbons (Fsp3) is 0.308. The van der Waals surface area contributed by atoms with Crippen LogP contribution in [0.4, 0.5) is 10.1 Å². The van der Waals surface area contributed by atoms with Gasteiger partial charge in [-0.1, -0.05) is 0 Å². The lowest BCUT2D eigenvalue weighted by molar-refractivity contribution is 0.625. The highest BCUT2D eigenvalue weighted by molar-refractivity contribution is 5.58. The van der Waals surface area contributed by atoms with Crippen molar-refractivity contribution in [3.05, 3.63) is 41.7 Å². The number of rotatable bonds is 1. The van der Waals surface area contributed by atoms with E-state index in [2.05, 4.69) is 4.98 Å². The summed E-state index contributed by atoms with van der Waals surface area (Å²) in [4.78, 5) is 4.39. The SMILES string of the molecule is Nc1ccc(F)cc1-n1cnc2c1CCCC2. The quantitative estimate of drug-likeness (QED) is 0.766. The van der Waals surface area contributed by atoms with E-state index in [9.17, 15) is 4.39 Å². The number of nitrogens with two attached hydrogens (primary N) is 1. The standard InChI is InChI=1S/C13H14FN3/c14-9-5-6-10(15)13(7-9)17-8-16-11-3-1-2-4-12(11)17/h5-8H,1-4,15H2. The molecular formula is C13H14FN3. The molecule has 0 unspecified atom stereocenters. The minimum Gasteiger partial charge on any atom is -0.397 e. The molecule has 0 aliphatic heterocycles. The van der Waals surface area contributed by atoms with Crippen molar-refractivity contribution in [1.29, 1.82) is 0 Å². The van der Waals surface area contributed by atoms with Crippen LogP contribution < -0.4 is 5.73 Å². The van der Waals surface area contributed by atoms with E-state index in [1.165, 1.54) is 24.2 Å². The van der Waals surface area contributed by atoms with Crippen LogP contribution in [0.3, 0.4) is 0 Å². The van der Waals surface area contributed by atoms with Crippen LogP contribution in [0.25, 0.3) is 5.69 Å². The van der Waals surface area contributed by atoms with Gasteiger partial charge in [0.15, 0.2) is 0 Å². The molecule has 1 aliphatic rings. The second kappa shape index (κ2) is 3.87. The Labute approximate surface area is 99.1 Å². The van der Waals surface area contributed by atoms with Crippen molar-refractivity contribution in [2.45, 2.75) is 25.7 Å². The Morgan fingerprint density at radius 3 is 2.94 bits per heavy atom. The van der Waals surface area contributed by atoms with Crippen LogP contribution in [-0.4, -0.2) is 9.55 Å². The molecule has 3 nitrogen and oxygen atoms in total. The fourth-order valence-corrected chi connectivity index (χ4v) is 2.40. The monoisotopic (exact) mass is 231 g/mol. The largest absolute Gasteiger partial charge is 0.397 e. The van der Waals surface area contributed by atoms with E-state index in [1.807, 2.05) is 4.57 Å². The molecule has 1 aromatic heterocycles. The molecule has 0 radical (unpaired) electrons. The summed E-state index contributed by atoms with van der Waals surface area (Å²) in [6.45, 7) is 0. The Kier molecular flexibility index (Phi) is 2.35. The van der Waals surface area contributed by atoms with E-state index in [0.29, 0.717) is 11.4 Å². The number of hydrogen-bond donors (Lipinski definition) is 1. The lowest BCUT2D eigenvalue weighted by Gasteiger charge is -2.15. The fourth-order valence-electron chi connectivity index (χ4n) is 2.40. The van der Waals surface area contributed by atoms with E-state index >= 15 is 0 Å². The molecule has 0 amide bonds. The van der Waals surface area contributed by atoms with Gasteiger partial charge in [0.2, 0.25) is 0 Å². The van der Waals surface area contributed by atoms with Gasteiger partial charge in [-0.15, -0.1) is 0 Å². The van der Waals surface area contributed by atoms with Crippen molar-refractivity contribution in [2.24, 2.45) is 0 Å². The Hall–Kier alpha value is -1.84. The molecule has 88 valence electrons. The summed E-state index contributed by atoms with van der Waals surface area (Å²) in [6, 6.07) is 4.44. The van der Waals surface area contributed by atoms with Gasteiger partial charge in [-0.25, -0.2) is 9.37 Å². The topological polar surface area (TPSA) is 43.8 Å². The number of nitrogens with zero attached hydrogens (tertiary/aromatic N) is 2. The molecule has 4 heteroatoms. The molecule has 0 bridgehead atoms. The van der Waals surface area contributed by atoms with Gasteiger partial charge in [-0.05, 0) is 43.9 Å². The van der Waals surface area contributed by atoms with Crippen molar-refractivity contribution in [1.82, 2.24) is 9.55 Å². The molecule has 0 spiro atoms.